The number of halogens is 1. The zero-order chi connectivity index (χ0) is 18.9. The third-order valence-corrected chi connectivity index (χ3v) is 6.08. The van der Waals surface area contributed by atoms with Gasteiger partial charge >= 0.3 is 0 Å². The monoisotopic (exact) mass is 380 g/mol. The molecule has 2 aliphatic rings. The van der Waals surface area contributed by atoms with Gasteiger partial charge in [0.2, 0.25) is 0 Å². The molecule has 146 valence electrons. The molecule has 2 aromatic heterocycles. The molecule has 0 spiro atoms. The van der Waals surface area contributed by atoms with Crippen LogP contribution < -0.4 is 4.90 Å². The molecule has 7 heteroatoms. The lowest BCUT2D eigenvalue weighted by molar-refractivity contribution is 0.147. The Hall–Kier alpha value is -2.54. The average molecular weight is 380 g/mol. The molecule has 0 unspecified atom stereocenters. The molecule has 0 bridgehead atoms. The summed E-state index contributed by atoms with van der Waals surface area (Å²) in [5, 5.41) is 13.3. The summed E-state index contributed by atoms with van der Waals surface area (Å²) < 4.78 is 15.0. The minimum Gasteiger partial charge on any atom is -0.353 e. The molecule has 0 N–H and O–H groups in total. The van der Waals surface area contributed by atoms with Crippen LogP contribution in [0.3, 0.4) is 0 Å². The second-order valence-corrected chi connectivity index (χ2v) is 7.81. The number of benzene rings is 1. The third kappa shape index (κ3) is 3.35. The summed E-state index contributed by atoms with van der Waals surface area (Å²) >= 11 is 0. The van der Waals surface area contributed by atoms with Gasteiger partial charge in [0, 0.05) is 37.8 Å². The van der Waals surface area contributed by atoms with Crippen LogP contribution in [0.1, 0.15) is 32.1 Å². The fourth-order valence-corrected chi connectivity index (χ4v) is 4.49. The first-order valence-electron chi connectivity index (χ1n) is 10.3. The molecule has 1 aromatic carbocycles. The van der Waals surface area contributed by atoms with Crippen molar-refractivity contribution in [1.82, 2.24) is 24.7 Å². The molecule has 0 amide bonds. The fraction of sp³-hybridized carbons (Fsp3) is 0.476. The van der Waals surface area contributed by atoms with Gasteiger partial charge in [-0.15, -0.1) is 15.3 Å². The maximum Gasteiger partial charge on any atom is 0.185 e. The summed E-state index contributed by atoms with van der Waals surface area (Å²) in [5.41, 5.74) is 1.50. The van der Waals surface area contributed by atoms with Gasteiger partial charge in [0.05, 0.1) is 0 Å². The normalized spacial score (nSPS) is 19.4. The van der Waals surface area contributed by atoms with Gasteiger partial charge in [-0.1, -0.05) is 19.3 Å². The zero-order valence-corrected chi connectivity index (χ0v) is 16.0. The maximum absolute atomic E-state index is 13.2. The van der Waals surface area contributed by atoms with Gasteiger partial charge < -0.3 is 4.90 Å². The van der Waals surface area contributed by atoms with E-state index in [1.54, 1.807) is 16.6 Å². The van der Waals surface area contributed by atoms with Crippen LogP contribution in [0.4, 0.5) is 10.2 Å². The van der Waals surface area contributed by atoms with Gasteiger partial charge in [0.25, 0.3) is 0 Å². The Morgan fingerprint density at radius 2 is 1.57 bits per heavy atom. The Morgan fingerprint density at radius 3 is 2.32 bits per heavy atom. The number of fused-ring (bicyclic) bond motifs is 1. The van der Waals surface area contributed by atoms with Crippen LogP contribution in [-0.4, -0.2) is 56.9 Å². The van der Waals surface area contributed by atoms with E-state index in [4.69, 9.17) is 5.10 Å². The zero-order valence-electron chi connectivity index (χ0n) is 16.0. The Kier molecular flexibility index (Phi) is 4.68. The summed E-state index contributed by atoms with van der Waals surface area (Å²) in [4.78, 5) is 5.00. The Bertz CT molecular complexity index is 939. The van der Waals surface area contributed by atoms with Crippen LogP contribution in [0.25, 0.3) is 17.0 Å². The van der Waals surface area contributed by atoms with Gasteiger partial charge in [-0.3, -0.25) is 4.90 Å². The lowest BCUT2D eigenvalue weighted by Crippen LogP contribution is -2.51. The second-order valence-electron chi connectivity index (χ2n) is 7.81. The SMILES string of the molecule is Fc1ccc(-c2nnc3ccc(N4CCN(C5CCCCC5)CC4)nn23)cc1. The predicted octanol–water partition coefficient (Wildman–Crippen LogP) is 3.39. The van der Waals surface area contributed by atoms with Crippen molar-refractivity contribution in [3.8, 4) is 11.4 Å². The van der Waals surface area contributed by atoms with Gasteiger partial charge in [-0.2, -0.15) is 4.52 Å². The summed E-state index contributed by atoms with van der Waals surface area (Å²) in [6.45, 7) is 4.17. The number of piperazine rings is 1. The van der Waals surface area contributed by atoms with Gasteiger partial charge in [-0.05, 0) is 49.2 Å². The molecule has 6 nitrogen and oxygen atoms in total. The topological polar surface area (TPSA) is 49.6 Å². The number of nitrogens with zero attached hydrogens (tertiary/aromatic N) is 6. The van der Waals surface area contributed by atoms with Crippen LogP contribution in [0.2, 0.25) is 0 Å². The van der Waals surface area contributed by atoms with Crippen LogP contribution in [0, 0.1) is 5.82 Å². The minimum absolute atomic E-state index is 0.262. The molecule has 5 rings (SSSR count). The molecule has 1 saturated heterocycles. The van der Waals surface area contributed by atoms with Crippen LogP contribution in [0.5, 0.6) is 0 Å². The maximum atomic E-state index is 13.2. The molecule has 1 aliphatic heterocycles. The lowest BCUT2D eigenvalue weighted by Gasteiger charge is -2.41. The number of aromatic nitrogens is 4. The summed E-state index contributed by atoms with van der Waals surface area (Å²) in [6.07, 6.45) is 6.86. The molecular formula is C21H25FN6. The molecule has 0 radical (unpaired) electrons. The van der Waals surface area contributed by atoms with E-state index in [0.717, 1.165) is 43.6 Å². The van der Waals surface area contributed by atoms with E-state index in [1.165, 1.54) is 44.2 Å². The molecule has 1 saturated carbocycles. The van der Waals surface area contributed by atoms with Crippen molar-refractivity contribution in [2.75, 3.05) is 31.1 Å². The molecular weight excluding hydrogens is 355 g/mol. The summed E-state index contributed by atoms with van der Waals surface area (Å²) in [7, 11) is 0. The Morgan fingerprint density at radius 1 is 0.821 bits per heavy atom. The highest BCUT2D eigenvalue weighted by Gasteiger charge is 2.26. The van der Waals surface area contributed by atoms with Gasteiger partial charge in [0.15, 0.2) is 11.5 Å². The van der Waals surface area contributed by atoms with Crippen molar-refractivity contribution >= 4 is 11.5 Å². The smallest absolute Gasteiger partial charge is 0.185 e. The number of anilines is 1. The molecule has 1 aliphatic carbocycles. The first-order valence-corrected chi connectivity index (χ1v) is 10.3. The standard InChI is InChI=1S/C21H25FN6/c22-17-8-6-16(7-9-17)21-24-23-19-10-11-20(25-28(19)21)27-14-12-26(13-15-27)18-4-2-1-3-5-18/h6-11,18H,1-5,12-15H2. The van der Waals surface area contributed by atoms with E-state index in [1.807, 2.05) is 12.1 Å². The quantitative estimate of drug-likeness (QED) is 0.697. The Labute approximate surface area is 164 Å². The van der Waals surface area contributed by atoms with Crippen molar-refractivity contribution in [1.29, 1.82) is 0 Å². The van der Waals surface area contributed by atoms with E-state index < -0.39 is 0 Å². The molecule has 0 atom stereocenters. The highest BCUT2D eigenvalue weighted by Crippen LogP contribution is 2.25. The number of rotatable bonds is 3. The highest BCUT2D eigenvalue weighted by atomic mass is 19.1. The highest BCUT2D eigenvalue weighted by molar-refractivity contribution is 5.59. The van der Waals surface area contributed by atoms with Gasteiger partial charge in [0.1, 0.15) is 11.6 Å². The van der Waals surface area contributed by atoms with Gasteiger partial charge in [-0.25, -0.2) is 4.39 Å². The number of hydrogen-bond donors (Lipinski definition) is 0. The molecule has 3 aromatic rings. The summed E-state index contributed by atoms with van der Waals surface area (Å²) in [5.74, 6) is 1.32. The average Bonchev–Trinajstić information content (AvgIpc) is 3.18. The Balaban J connectivity index is 1.35. The first-order chi connectivity index (χ1) is 13.8. The third-order valence-electron chi connectivity index (χ3n) is 6.08. The van der Waals surface area contributed by atoms with E-state index in [2.05, 4.69) is 20.0 Å². The summed E-state index contributed by atoms with van der Waals surface area (Å²) in [6, 6.07) is 11.0. The molecule has 2 fully saturated rings. The van der Waals surface area contributed by atoms with E-state index in [9.17, 15) is 4.39 Å². The minimum atomic E-state index is -0.262. The van der Waals surface area contributed by atoms with Crippen molar-refractivity contribution in [2.45, 2.75) is 38.1 Å². The van der Waals surface area contributed by atoms with Crippen LogP contribution >= 0.6 is 0 Å². The molecule has 28 heavy (non-hydrogen) atoms. The van der Waals surface area contributed by atoms with Crippen molar-refractivity contribution in [3.63, 3.8) is 0 Å². The van der Waals surface area contributed by atoms with E-state index in [0.29, 0.717) is 11.5 Å². The van der Waals surface area contributed by atoms with Crippen molar-refractivity contribution in [2.24, 2.45) is 0 Å². The number of hydrogen-bond acceptors (Lipinski definition) is 5. The largest absolute Gasteiger partial charge is 0.353 e. The first kappa shape index (κ1) is 17.6. The van der Waals surface area contributed by atoms with Crippen LogP contribution in [0.15, 0.2) is 36.4 Å². The molecule has 3 heterocycles. The van der Waals surface area contributed by atoms with Crippen LogP contribution in [-0.2, 0) is 0 Å². The predicted molar refractivity (Wildman–Crippen MR) is 107 cm³/mol. The van der Waals surface area contributed by atoms with Crippen molar-refractivity contribution < 1.29 is 4.39 Å². The second kappa shape index (κ2) is 7.47. The fourth-order valence-electron chi connectivity index (χ4n) is 4.49. The van der Waals surface area contributed by atoms with E-state index >= 15 is 0 Å². The van der Waals surface area contributed by atoms with E-state index in [-0.39, 0.29) is 5.82 Å². The van der Waals surface area contributed by atoms with Crippen molar-refractivity contribution in [3.05, 3.63) is 42.2 Å². The lowest BCUT2D eigenvalue weighted by atomic mass is 9.94.